The first kappa shape index (κ1) is 17.6. The van der Waals surface area contributed by atoms with Crippen LogP contribution in [0, 0.1) is 0 Å². The first-order chi connectivity index (χ1) is 10.8. The topological polar surface area (TPSA) is 70.4 Å². The van der Waals surface area contributed by atoms with Crippen LogP contribution in [0.15, 0.2) is 12.4 Å². The van der Waals surface area contributed by atoms with Crippen molar-refractivity contribution >= 4 is 11.7 Å². The molecule has 2 heterocycles. The fraction of sp³-hybridized carbons (Fsp3) is 0.714. The summed E-state index contributed by atoms with van der Waals surface area (Å²) < 4.78 is 33.8. The average Bonchev–Trinajstić information content (AvgIpc) is 3.22. The van der Waals surface area contributed by atoms with Crippen molar-refractivity contribution in [3.8, 4) is 0 Å². The van der Waals surface area contributed by atoms with Crippen molar-refractivity contribution in [2.24, 2.45) is 0 Å². The minimum atomic E-state index is -5.08. The van der Waals surface area contributed by atoms with Crippen LogP contribution < -0.4 is 5.32 Å². The highest BCUT2D eigenvalue weighted by molar-refractivity contribution is 5.73. The lowest BCUT2D eigenvalue weighted by Crippen LogP contribution is -2.36. The predicted molar refractivity (Wildman–Crippen MR) is 78.3 cm³/mol. The molecule has 1 aromatic heterocycles. The van der Waals surface area contributed by atoms with Gasteiger partial charge in [-0.1, -0.05) is 0 Å². The molecule has 0 spiro atoms. The van der Waals surface area contributed by atoms with Crippen molar-refractivity contribution in [1.29, 1.82) is 0 Å². The number of carboxylic acid groups (broad SMARTS) is 1. The van der Waals surface area contributed by atoms with E-state index in [0.717, 1.165) is 0 Å². The smallest absolute Gasteiger partial charge is 0.475 e. The molecule has 1 aromatic rings. The van der Waals surface area contributed by atoms with Crippen LogP contribution in [0.1, 0.15) is 31.7 Å². The predicted octanol–water partition coefficient (Wildman–Crippen LogP) is 2.36. The van der Waals surface area contributed by atoms with Crippen molar-refractivity contribution in [1.82, 2.24) is 14.7 Å². The molecular weight excluding hydrogens is 313 g/mol. The molecule has 0 radical (unpaired) electrons. The van der Waals surface area contributed by atoms with Gasteiger partial charge in [-0.05, 0) is 45.8 Å². The largest absolute Gasteiger partial charge is 0.490 e. The summed E-state index contributed by atoms with van der Waals surface area (Å²) in [6.07, 6.45) is 4.13. The number of likely N-dealkylation sites (tertiary alicyclic amines) is 1. The van der Waals surface area contributed by atoms with Crippen LogP contribution >= 0.6 is 0 Å². The van der Waals surface area contributed by atoms with Crippen LogP contribution in [-0.2, 0) is 4.79 Å². The van der Waals surface area contributed by atoms with Crippen LogP contribution in [0.25, 0.3) is 0 Å². The number of nitrogens with zero attached hydrogens (tertiary/aromatic N) is 3. The first-order valence-corrected chi connectivity index (χ1v) is 7.55. The molecule has 0 atom stereocenters. The quantitative estimate of drug-likeness (QED) is 0.888. The Bertz CT molecular complexity index is 520. The van der Waals surface area contributed by atoms with E-state index in [2.05, 4.69) is 33.2 Å². The lowest BCUT2D eigenvalue weighted by Gasteiger charge is -2.29. The number of hydrogen-bond donors (Lipinski definition) is 2. The van der Waals surface area contributed by atoms with Crippen molar-refractivity contribution in [3.05, 3.63) is 12.4 Å². The van der Waals surface area contributed by atoms with Crippen molar-refractivity contribution < 1.29 is 23.1 Å². The van der Waals surface area contributed by atoms with Gasteiger partial charge in [0.2, 0.25) is 0 Å². The minimum Gasteiger partial charge on any atom is -0.475 e. The third-order valence-corrected chi connectivity index (χ3v) is 3.85. The van der Waals surface area contributed by atoms with Gasteiger partial charge in [0.05, 0.1) is 17.9 Å². The monoisotopic (exact) mass is 334 g/mol. The Morgan fingerprint density at radius 1 is 1.30 bits per heavy atom. The number of alkyl halides is 3. The first-order valence-electron chi connectivity index (χ1n) is 7.55. The number of halogens is 3. The molecule has 9 heteroatoms. The molecular formula is C14H21F3N4O2. The van der Waals surface area contributed by atoms with E-state index in [1.54, 1.807) is 0 Å². The number of rotatable bonds is 3. The molecule has 1 aliphatic carbocycles. The maximum absolute atomic E-state index is 10.6. The normalized spacial score (nSPS) is 19.8. The van der Waals surface area contributed by atoms with Crippen LogP contribution in [0.4, 0.5) is 18.9 Å². The number of carboxylic acids is 1. The van der Waals surface area contributed by atoms with Gasteiger partial charge in [-0.3, -0.25) is 4.68 Å². The highest BCUT2D eigenvalue weighted by atomic mass is 19.4. The van der Waals surface area contributed by atoms with Crippen molar-refractivity contribution in [2.75, 3.05) is 25.5 Å². The highest BCUT2D eigenvalue weighted by Crippen LogP contribution is 2.34. The lowest BCUT2D eigenvalue weighted by molar-refractivity contribution is -0.192. The minimum absolute atomic E-state index is 0.632. The van der Waals surface area contributed by atoms with Gasteiger partial charge in [0.1, 0.15) is 0 Å². The molecule has 2 N–H and O–H groups in total. The number of aromatic nitrogens is 2. The summed E-state index contributed by atoms with van der Waals surface area (Å²) in [5, 5.41) is 15.1. The second-order valence-electron chi connectivity index (χ2n) is 5.96. The van der Waals surface area contributed by atoms with E-state index in [-0.39, 0.29) is 0 Å². The zero-order chi connectivity index (χ0) is 17.0. The van der Waals surface area contributed by atoms with E-state index in [9.17, 15) is 13.2 Å². The van der Waals surface area contributed by atoms with E-state index in [0.29, 0.717) is 12.1 Å². The van der Waals surface area contributed by atoms with Gasteiger partial charge in [0.25, 0.3) is 0 Å². The zero-order valence-electron chi connectivity index (χ0n) is 12.9. The Morgan fingerprint density at radius 3 is 2.35 bits per heavy atom. The molecule has 0 unspecified atom stereocenters. The number of hydrogen-bond acceptors (Lipinski definition) is 4. The van der Waals surface area contributed by atoms with Crippen LogP contribution in [0.5, 0.6) is 0 Å². The molecule has 2 fully saturated rings. The number of anilines is 1. The molecule has 1 aliphatic heterocycles. The summed E-state index contributed by atoms with van der Waals surface area (Å²) in [5.74, 6) is -2.76. The van der Waals surface area contributed by atoms with Crippen LogP contribution in [0.3, 0.4) is 0 Å². The SMILES string of the molecule is CN1CCC(Nc2cnn(C3CC3)c2)CC1.O=C(O)C(F)(F)F. The van der Waals surface area contributed by atoms with E-state index in [1.165, 1.54) is 44.5 Å². The summed E-state index contributed by atoms with van der Waals surface area (Å²) in [6, 6.07) is 1.32. The maximum Gasteiger partial charge on any atom is 0.490 e. The highest BCUT2D eigenvalue weighted by Gasteiger charge is 2.38. The van der Waals surface area contributed by atoms with Gasteiger partial charge in [-0.15, -0.1) is 0 Å². The molecule has 0 bridgehead atoms. The molecule has 1 saturated carbocycles. The van der Waals surface area contributed by atoms with Crippen LogP contribution in [-0.4, -0.2) is 58.1 Å². The Balaban J connectivity index is 0.000000236. The molecule has 0 aromatic carbocycles. The van der Waals surface area contributed by atoms with Gasteiger partial charge >= 0.3 is 12.1 Å². The van der Waals surface area contributed by atoms with E-state index < -0.39 is 12.1 Å². The third-order valence-electron chi connectivity index (χ3n) is 3.85. The fourth-order valence-electron chi connectivity index (χ4n) is 2.34. The number of nitrogens with one attached hydrogen (secondary N) is 1. The molecule has 0 amide bonds. The fourth-order valence-corrected chi connectivity index (χ4v) is 2.34. The Hall–Kier alpha value is -1.77. The van der Waals surface area contributed by atoms with Gasteiger partial charge in [-0.25, -0.2) is 4.79 Å². The summed E-state index contributed by atoms with van der Waals surface area (Å²) in [7, 11) is 2.20. The lowest BCUT2D eigenvalue weighted by atomic mass is 10.1. The van der Waals surface area contributed by atoms with Gasteiger partial charge in [0, 0.05) is 12.2 Å². The second kappa shape index (κ2) is 7.20. The van der Waals surface area contributed by atoms with Crippen molar-refractivity contribution in [3.63, 3.8) is 0 Å². The summed E-state index contributed by atoms with van der Waals surface area (Å²) in [5.41, 5.74) is 1.20. The van der Waals surface area contributed by atoms with Gasteiger partial charge in [-0.2, -0.15) is 18.3 Å². The molecule has 6 nitrogen and oxygen atoms in total. The van der Waals surface area contributed by atoms with E-state index >= 15 is 0 Å². The maximum atomic E-state index is 10.6. The average molecular weight is 334 g/mol. The standard InChI is InChI=1S/C12H20N4.C2HF3O2/c1-15-6-4-10(5-7-15)14-11-8-13-16(9-11)12-2-3-12;3-2(4,5)1(6)7/h8-10,12,14H,2-7H2,1H3;(H,6,7). The third kappa shape index (κ3) is 5.74. The van der Waals surface area contributed by atoms with Gasteiger partial charge in [0.15, 0.2) is 0 Å². The second-order valence-corrected chi connectivity index (χ2v) is 5.96. The Labute approximate surface area is 132 Å². The molecule has 23 heavy (non-hydrogen) atoms. The van der Waals surface area contributed by atoms with Crippen LogP contribution in [0.2, 0.25) is 0 Å². The summed E-state index contributed by atoms with van der Waals surface area (Å²) in [6.45, 7) is 2.41. The number of aliphatic carboxylic acids is 1. The summed E-state index contributed by atoms with van der Waals surface area (Å²) in [4.78, 5) is 11.3. The number of carbonyl (C=O) groups is 1. The zero-order valence-corrected chi connectivity index (χ0v) is 12.9. The molecule has 2 aliphatic rings. The summed E-state index contributed by atoms with van der Waals surface area (Å²) >= 11 is 0. The molecule has 1 saturated heterocycles. The van der Waals surface area contributed by atoms with E-state index in [1.807, 2.05) is 6.20 Å². The molecule has 3 rings (SSSR count). The van der Waals surface area contributed by atoms with E-state index in [4.69, 9.17) is 9.90 Å². The Morgan fingerprint density at radius 2 is 1.87 bits per heavy atom. The molecule has 130 valence electrons. The number of piperidine rings is 1. The van der Waals surface area contributed by atoms with Crippen molar-refractivity contribution in [2.45, 2.75) is 43.9 Å². The Kier molecular flexibility index (Phi) is 5.51. The van der Waals surface area contributed by atoms with Gasteiger partial charge < -0.3 is 15.3 Å².